The molecule has 1 aromatic heterocycles. The molecule has 2 heterocycles. The van der Waals surface area contributed by atoms with Crippen molar-refractivity contribution in [2.45, 2.75) is 19.4 Å². The molecular formula is C11H18N4O2. The van der Waals surface area contributed by atoms with Crippen molar-refractivity contribution in [3.05, 3.63) is 11.9 Å². The van der Waals surface area contributed by atoms with E-state index in [9.17, 15) is 4.79 Å². The Kier molecular flexibility index (Phi) is 3.63. The van der Waals surface area contributed by atoms with Crippen LogP contribution in [-0.4, -0.2) is 47.4 Å². The molecule has 1 aromatic rings. The van der Waals surface area contributed by atoms with E-state index in [2.05, 4.69) is 14.7 Å². The number of hydrogen-bond donors (Lipinski definition) is 1. The first-order valence-electron chi connectivity index (χ1n) is 5.84. The highest BCUT2D eigenvalue weighted by atomic mass is 16.5. The van der Waals surface area contributed by atoms with Gasteiger partial charge in [-0.15, -0.1) is 0 Å². The fourth-order valence-electron chi connectivity index (χ4n) is 2.06. The van der Waals surface area contributed by atoms with Crippen LogP contribution in [0.5, 0.6) is 0 Å². The number of carbonyl (C=O) groups is 1. The molecule has 1 aliphatic rings. The first-order valence-corrected chi connectivity index (χ1v) is 5.84. The first kappa shape index (κ1) is 11.9. The van der Waals surface area contributed by atoms with Crippen LogP contribution in [0.25, 0.3) is 0 Å². The van der Waals surface area contributed by atoms with Crippen molar-refractivity contribution in [2.75, 3.05) is 32.5 Å². The number of aromatic nitrogens is 2. The van der Waals surface area contributed by atoms with Crippen LogP contribution in [0.1, 0.15) is 23.3 Å². The lowest BCUT2D eigenvalue weighted by atomic mass is 10.4. The van der Waals surface area contributed by atoms with Crippen LogP contribution in [0, 0.1) is 0 Å². The number of carbonyl (C=O) groups excluding carboxylic acids is 1. The number of hydrogen-bond acceptors (Lipinski definition) is 5. The van der Waals surface area contributed by atoms with E-state index < -0.39 is 5.97 Å². The van der Waals surface area contributed by atoms with E-state index in [-0.39, 0.29) is 5.69 Å². The van der Waals surface area contributed by atoms with Crippen molar-refractivity contribution in [3.63, 3.8) is 0 Å². The standard InChI is InChI=1S/C11H18N4O2/c1-17-11(16)10-9(12)8-15(13-10)7-6-14-4-2-3-5-14/h8H,2-7,12H2,1H3. The van der Waals surface area contributed by atoms with Gasteiger partial charge in [-0.3, -0.25) is 4.68 Å². The Morgan fingerprint density at radius 1 is 1.47 bits per heavy atom. The summed E-state index contributed by atoms with van der Waals surface area (Å²) >= 11 is 0. The molecule has 94 valence electrons. The maximum absolute atomic E-state index is 11.3. The van der Waals surface area contributed by atoms with Crippen molar-refractivity contribution >= 4 is 11.7 Å². The third-order valence-electron chi connectivity index (χ3n) is 3.01. The van der Waals surface area contributed by atoms with Gasteiger partial charge in [-0.05, 0) is 25.9 Å². The SMILES string of the molecule is COC(=O)c1nn(CCN2CCCC2)cc1N. The Hall–Kier alpha value is -1.56. The summed E-state index contributed by atoms with van der Waals surface area (Å²) in [6, 6.07) is 0. The normalized spacial score (nSPS) is 16.3. The first-order chi connectivity index (χ1) is 8.20. The highest BCUT2D eigenvalue weighted by Crippen LogP contribution is 2.11. The number of nitrogens with two attached hydrogens (primary N) is 1. The maximum Gasteiger partial charge on any atom is 0.360 e. The predicted molar refractivity (Wildman–Crippen MR) is 63.7 cm³/mol. The van der Waals surface area contributed by atoms with Crippen LogP contribution in [-0.2, 0) is 11.3 Å². The molecule has 6 nitrogen and oxygen atoms in total. The zero-order valence-corrected chi connectivity index (χ0v) is 10.1. The molecule has 2 rings (SSSR count). The molecular weight excluding hydrogens is 220 g/mol. The van der Waals surface area contributed by atoms with Crippen molar-refractivity contribution in [2.24, 2.45) is 0 Å². The largest absolute Gasteiger partial charge is 0.464 e. The van der Waals surface area contributed by atoms with Gasteiger partial charge in [0.25, 0.3) is 0 Å². The zero-order chi connectivity index (χ0) is 12.3. The van der Waals surface area contributed by atoms with E-state index >= 15 is 0 Å². The average molecular weight is 238 g/mol. The van der Waals surface area contributed by atoms with Gasteiger partial charge in [0.05, 0.1) is 19.3 Å². The van der Waals surface area contributed by atoms with Gasteiger partial charge in [0.2, 0.25) is 0 Å². The molecule has 1 fully saturated rings. The molecule has 1 aliphatic heterocycles. The Morgan fingerprint density at radius 2 is 2.18 bits per heavy atom. The van der Waals surface area contributed by atoms with E-state index in [1.54, 1.807) is 10.9 Å². The number of nitrogens with zero attached hydrogens (tertiary/aromatic N) is 3. The minimum Gasteiger partial charge on any atom is -0.464 e. The number of anilines is 1. The molecule has 17 heavy (non-hydrogen) atoms. The molecule has 0 bridgehead atoms. The van der Waals surface area contributed by atoms with Gasteiger partial charge >= 0.3 is 5.97 Å². The second-order valence-electron chi connectivity index (χ2n) is 4.24. The molecule has 0 amide bonds. The van der Waals surface area contributed by atoms with Gasteiger partial charge in [0, 0.05) is 12.7 Å². The summed E-state index contributed by atoms with van der Waals surface area (Å²) in [6.45, 7) is 4.00. The third-order valence-corrected chi connectivity index (χ3v) is 3.01. The van der Waals surface area contributed by atoms with E-state index in [1.165, 1.54) is 20.0 Å². The van der Waals surface area contributed by atoms with Crippen LogP contribution >= 0.6 is 0 Å². The topological polar surface area (TPSA) is 73.4 Å². The molecule has 1 saturated heterocycles. The Balaban J connectivity index is 1.94. The van der Waals surface area contributed by atoms with Crippen LogP contribution in [0.15, 0.2) is 6.20 Å². The van der Waals surface area contributed by atoms with Crippen molar-refractivity contribution in [1.29, 1.82) is 0 Å². The average Bonchev–Trinajstić information content (AvgIpc) is 2.94. The van der Waals surface area contributed by atoms with Crippen molar-refractivity contribution < 1.29 is 9.53 Å². The summed E-state index contributed by atoms with van der Waals surface area (Å²) in [4.78, 5) is 13.7. The van der Waals surface area contributed by atoms with E-state index in [1.807, 2.05) is 0 Å². The van der Waals surface area contributed by atoms with Crippen LogP contribution in [0.3, 0.4) is 0 Å². The highest BCUT2D eigenvalue weighted by Gasteiger charge is 2.16. The zero-order valence-electron chi connectivity index (χ0n) is 10.1. The molecule has 0 radical (unpaired) electrons. The molecule has 0 atom stereocenters. The molecule has 0 saturated carbocycles. The molecule has 6 heteroatoms. The molecule has 0 aliphatic carbocycles. The smallest absolute Gasteiger partial charge is 0.360 e. The summed E-state index contributed by atoms with van der Waals surface area (Å²) in [5.74, 6) is -0.484. The Labute approximate surface area is 100 Å². The number of nitrogen functional groups attached to an aromatic ring is 1. The van der Waals surface area contributed by atoms with Gasteiger partial charge in [-0.2, -0.15) is 5.10 Å². The van der Waals surface area contributed by atoms with Crippen LogP contribution in [0.4, 0.5) is 5.69 Å². The third kappa shape index (κ3) is 2.76. The van der Waals surface area contributed by atoms with Gasteiger partial charge in [0.1, 0.15) is 0 Å². The fourth-order valence-corrected chi connectivity index (χ4v) is 2.06. The molecule has 0 spiro atoms. The molecule has 2 N–H and O–H groups in total. The Bertz CT molecular complexity index is 396. The quantitative estimate of drug-likeness (QED) is 0.766. The summed E-state index contributed by atoms with van der Waals surface area (Å²) in [5, 5.41) is 4.13. The lowest BCUT2D eigenvalue weighted by molar-refractivity contribution is 0.0594. The van der Waals surface area contributed by atoms with Crippen molar-refractivity contribution in [3.8, 4) is 0 Å². The summed E-state index contributed by atoms with van der Waals surface area (Å²) in [7, 11) is 1.32. The minimum atomic E-state index is -0.484. The van der Waals surface area contributed by atoms with E-state index in [4.69, 9.17) is 5.73 Å². The second-order valence-corrected chi connectivity index (χ2v) is 4.24. The van der Waals surface area contributed by atoms with Crippen molar-refractivity contribution in [1.82, 2.24) is 14.7 Å². The molecule has 0 unspecified atom stereocenters. The number of esters is 1. The van der Waals surface area contributed by atoms with Crippen LogP contribution < -0.4 is 5.73 Å². The summed E-state index contributed by atoms with van der Waals surface area (Å²) in [6.07, 6.45) is 4.23. The van der Waals surface area contributed by atoms with E-state index in [0.717, 1.165) is 26.2 Å². The predicted octanol–water partition coefficient (Wildman–Crippen LogP) is 0.348. The molecule has 0 aromatic carbocycles. The summed E-state index contributed by atoms with van der Waals surface area (Å²) in [5.41, 5.74) is 6.28. The number of likely N-dealkylation sites (tertiary alicyclic amines) is 1. The lowest BCUT2D eigenvalue weighted by Crippen LogP contribution is -2.24. The van der Waals surface area contributed by atoms with Gasteiger partial charge < -0.3 is 15.4 Å². The monoisotopic (exact) mass is 238 g/mol. The Morgan fingerprint density at radius 3 is 2.82 bits per heavy atom. The van der Waals surface area contributed by atoms with Crippen LogP contribution in [0.2, 0.25) is 0 Å². The fraction of sp³-hybridized carbons (Fsp3) is 0.636. The summed E-state index contributed by atoms with van der Waals surface area (Å²) < 4.78 is 6.31. The number of rotatable bonds is 4. The number of ether oxygens (including phenoxy) is 1. The maximum atomic E-state index is 11.3. The minimum absolute atomic E-state index is 0.203. The van der Waals surface area contributed by atoms with Gasteiger partial charge in [-0.25, -0.2) is 4.79 Å². The number of methoxy groups -OCH3 is 1. The van der Waals surface area contributed by atoms with E-state index in [0.29, 0.717) is 5.69 Å². The van der Waals surface area contributed by atoms with Gasteiger partial charge in [-0.1, -0.05) is 0 Å². The second kappa shape index (κ2) is 5.18. The van der Waals surface area contributed by atoms with Gasteiger partial charge in [0.15, 0.2) is 5.69 Å². The lowest BCUT2D eigenvalue weighted by Gasteiger charge is -2.13. The highest BCUT2D eigenvalue weighted by molar-refractivity contribution is 5.92.